The lowest BCUT2D eigenvalue weighted by molar-refractivity contribution is 0.103. The van der Waals surface area contributed by atoms with Crippen LogP contribution >= 0.6 is 0 Å². The van der Waals surface area contributed by atoms with E-state index in [1.54, 1.807) is 0 Å². The van der Waals surface area contributed by atoms with Gasteiger partial charge in [-0.25, -0.2) is 0 Å². The second kappa shape index (κ2) is 15.6. The van der Waals surface area contributed by atoms with E-state index in [0.717, 1.165) is 33.6 Å². The third kappa shape index (κ3) is 11.1. The highest BCUT2D eigenvalue weighted by Gasteiger charge is 2.12. The minimum atomic E-state index is -3.67. The Morgan fingerprint density at radius 3 is 1.41 bits per heavy atom. The number of aryl methyl sites for hydroxylation is 4. The summed E-state index contributed by atoms with van der Waals surface area (Å²) in [4.78, 5) is 24.7. The zero-order valence-electron chi connectivity index (χ0n) is 25.4. The predicted molar refractivity (Wildman–Crippen MR) is 176 cm³/mol. The van der Waals surface area contributed by atoms with E-state index < -0.39 is 10.1 Å². The van der Waals surface area contributed by atoms with Crippen molar-refractivity contribution in [3.8, 4) is 11.5 Å². The summed E-state index contributed by atoms with van der Waals surface area (Å²) in [6.45, 7) is 7.98. The number of para-hydroxylation sites is 1. The first kappa shape index (κ1) is 33.6. The van der Waals surface area contributed by atoms with Crippen LogP contribution in [-0.4, -0.2) is 30.8 Å². The van der Waals surface area contributed by atoms with E-state index in [-0.39, 0.29) is 11.6 Å². The lowest BCUT2D eigenvalue weighted by Gasteiger charge is -2.08. The molecular weight excluding hydrogens is 572 g/mol. The fraction of sp³-hybridized carbons (Fsp3) is 0.135. The summed E-state index contributed by atoms with van der Waals surface area (Å²) in [7, 11) is -3.67. The quantitative estimate of drug-likeness (QED) is 0.154. The van der Waals surface area contributed by atoms with Crippen molar-refractivity contribution >= 4 is 21.7 Å². The van der Waals surface area contributed by atoms with Crippen LogP contribution in [0.4, 0.5) is 0 Å². The van der Waals surface area contributed by atoms with E-state index in [0.29, 0.717) is 17.6 Å². The van der Waals surface area contributed by atoms with Gasteiger partial charge in [-0.3, -0.25) is 14.1 Å². The summed E-state index contributed by atoms with van der Waals surface area (Å²) in [5.41, 5.74) is 7.32. The van der Waals surface area contributed by atoms with E-state index in [1.165, 1.54) is 11.1 Å². The summed E-state index contributed by atoms with van der Waals surface area (Å²) in [6.07, 6.45) is 0.715. The normalized spacial score (nSPS) is 10.4. The van der Waals surface area contributed by atoms with Crippen LogP contribution in [0.2, 0.25) is 0 Å². The summed E-state index contributed by atoms with van der Waals surface area (Å²) in [5.74, 6) is 1.62. The Morgan fingerprint density at radius 1 is 0.545 bits per heavy atom. The molecule has 1 N–H and O–H groups in total. The molecule has 6 nitrogen and oxygen atoms in total. The van der Waals surface area contributed by atoms with Crippen LogP contribution in [0.1, 0.15) is 54.1 Å². The van der Waals surface area contributed by atoms with Crippen molar-refractivity contribution in [2.75, 3.05) is 6.26 Å². The van der Waals surface area contributed by atoms with Crippen molar-refractivity contribution in [3.05, 3.63) is 166 Å². The van der Waals surface area contributed by atoms with Gasteiger partial charge in [-0.2, -0.15) is 8.42 Å². The molecule has 0 amide bonds. The first-order chi connectivity index (χ1) is 20.8. The molecule has 0 unspecified atom stereocenters. The topological polar surface area (TPSA) is 97.7 Å². The molecule has 0 atom stereocenters. The summed E-state index contributed by atoms with van der Waals surface area (Å²) >= 11 is 0. The lowest BCUT2D eigenvalue weighted by atomic mass is 9.97. The molecule has 5 aromatic rings. The van der Waals surface area contributed by atoms with Crippen molar-refractivity contribution in [1.82, 2.24) is 0 Å². The SMILES string of the molecule is CS(=O)(=O)O.Cc1ccc(C(=O)c2ccc(C)cc2)cc1.Cc1ccc(C)c(C(=O)c2ccc(Oc3ccccc3)cc2)c1. The maximum Gasteiger partial charge on any atom is 0.261 e. The third-order valence-corrected chi connectivity index (χ3v) is 6.36. The highest BCUT2D eigenvalue weighted by Crippen LogP contribution is 2.23. The van der Waals surface area contributed by atoms with E-state index in [4.69, 9.17) is 9.29 Å². The van der Waals surface area contributed by atoms with Crippen molar-refractivity contribution in [3.63, 3.8) is 0 Å². The highest BCUT2D eigenvalue weighted by atomic mass is 32.2. The van der Waals surface area contributed by atoms with Crippen LogP contribution in [0.3, 0.4) is 0 Å². The van der Waals surface area contributed by atoms with Crippen molar-refractivity contribution in [1.29, 1.82) is 0 Å². The molecule has 0 aliphatic heterocycles. The second-order valence-corrected chi connectivity index (χ2v) is 11.8. The average Bonchev–Trinajstić information content (AvgIpc) is 2.99. The monoisotopic (exact) mass is 608 g/mol. The molecule has 0 aromatic heterocycles. The summed E-state index contributed by atoms with van der Waals surface area (Å²) in [5, 5.41) is 0. The zero-order chi connectivity index (χ0) is 32.3. The molecule has 0 spiro atoms. The predicted octanol–water partition coefficient (Wildman–Crippen LogP) is 8.37. The molecule has 0 fully saturated rings. The van der Waals surface area contributed by atoms with E-state index in [1.807, 2.05) is 149 Å². The van der Waals surface area contributed by atoms with Gasteiger partial charge in [0.05, 0.1) is 6.26 Å². The molecule has 5 rings (SSSR count). The first-order valence-electron chi connectivity index (χ1n) is 13.9. The van der Waals surface area contributed by atoms with Gasteiger partial charge in [0.2, 0.25) is 0 Å². The number of ketones is 2. The van der Waals surface area contributed by atoms with Gasteiger partial charge >= 0.3 is 0 Å². The van der Waals surface area contributed by atoms with Crippen molar-refractivity contribution in [2.45, 2.75) is 27.7 Å². The van der Waals surface area contributed by atoms with E-state index in [2.05, 4.69) is 0 Å². The molecule has 0 saturated carbocycles. The largest absolute Gasteiger partial charge is 0.457 e. The van der Waals surface area contributed by atoms with Gasteiger partial charge in [-0.15, -0.1) is 0 Å². The Labute approximate surface area is 259 Å². The molecule has 0 aliphatic carbocycles. The molecule has 44 heavy (non-hydrogen) atoms. The minimum absolute atomic E-state index is 0.0393. The Morgan fingerprint density at radius 2 is 0.932 bits per heavy atom. The molecular formula is C37H36O6S. The van der Waals surface area contributed by atoms with Crippen LogP contribution in [0, 0.1) is 27.7 Å². The zero-order valence-corrected chi connectivity index (χ0v) is 26.3. The molecule has 7 heteroatoms. The smallest absolute Gasteiger partial charge is 0.261 e. The minimum Gasteiger partial charge on any atom is -0.457 e. The maximum atomic E-state index is 12.6. The van der Waals surface area contributed by atoms with Crippen molar-refractivity contribution in [2.24, 2.45) is 0 Å². The highest BCUT2D eigenvalue weighted by molar-refractivity contribution is 7.85. The summed E-state index contributed by atoms with van der Waals surface area (Å²) < 4.78 is 31.6. The standard InChI is InChI=1S/C21H18O2.C15H14O.CH4O3S/c1-15-8-9-16(2)20(14-15)21(22)17-10-12-19(13-11-17)23-18-6-4-3-5-7-18;1-11-3-7-13(8-4-11)15(16)14-9-5-12(2)6-10-14;1-5(2,3)4/h3-14H,1-2H3;3-10H,1-2H3;1H3,(H,2,3,4). The number of carbonyl (C=O) groups excluding carboxylic acids is 2. The first-order valence-corrected chi connectivity index (χ1v) is 15.7. The maximum absolute atomic E-state index is 12.6. The van der Waals surface area contributed by atoms with Gasteiger partial charge in [-0.1, -0.05) is 95.6 Å². The average molecular weight is 609 g/mol. The van der Waals surface area contributed by atoms with Crippen LogP contribution in [-0.2, 0) is 10.1 Å². The van der Waals surface area contributed by atoms with Gasteiger partial charge in [-0.05, 0) is 75.7 Å². The molecule has 0 bridgehead atoms. The molecule has 0 aliphatic rings. The number of hydrogen-bond acceptors (Lipinski definition) is 5. The molecule has 0 radical (unpaired) electrons. The Hall–Kier alpha value is -4.85. The molecule has 226 valence electrons. The van der Waals surface area contributed by atoms with Gasteiger partial charge in [0, 0.05) is 22.3 Å². The van der Waals surface area contributed by atoms with Gasteiger partial charge in [0.25, 0.3) is 10.1 Å². The number of rotatable bonds is 6. The number of ether oxygens (including phenoxy) is 1. The third-order valence-electron chi connectivity index (χ3n) is 6.36. The van der Waals surface area contributed by atoms with Gasteiger partial charge < -0.3 is 4.74 Å². The lowest BCUT2D eigenvalue weighted by Crippen LogP contribution is -2.04. The molecule has 0 saturated heterocycles. The number of hydrogen-bond donors (Lipinski definition) is 1. The van der Waals surface area contributed by atoms with Gasteiger partial charge in [0.15, 0.2) is 11.6 Å². The van der Waals surface area contributed by atoms with Crippen LogP contribution in [0.25, 0.3) is 0 Å². The van der Waals surface area contributed by atoms with Crippen LogP contribution in [0.15, 0.2) is 121 Å². The fourth-order valence-electron chi connectivity index (χ4n) is 4.01. The van der Waals surface area contributed by atoms with Crippen molar-refractivity contribution < 1.29 is 27.3 Å². The van der Waals surface area contributed by atoms with Crippen LogP contribution < -0.4 is 4.74 Å². The van der Waals surface area contributed by atoms with E-state index >= 15 is 0 Å². The second-order valence-electron chi connectivity index (χ2n) is 10.4. The summed E-state index contributed by atoms with van der Waals surface area (Å²) in [6, 6.07) is 38.1. The van der Waals surface area contributed by atoms with Crippen LogP contribution in [0.5, 0.6) is 11.5 Å². The fourth-order valence-corrected chi connectivity index (χ4v) is 4.01. The molecule has 5 aromatic carbocycles. The number of benzene rings is 5. The van der Waals surface area contributed by atoms with Gasteiger partial charge in [0.1, 0.15) is 11.5 Å². The Bertz CT molecular complexity index is 1740. The number of carbonyl (C=O) groups is 2. The Balaban J connectivity index is 0.000000219. The molecule has 0 heterocycles. The Kier molecular flexibility index (Phi) is 11.9. The van der Waals surface area contributed by atoms with E-state index in [9.17, 15) is 18.0 Å².